The van der Waals surface area contributed by atoms with Gasteiger partial charge in [0.2, 0.25) is 0 Å². The van der Waals surface area contributed by atoms with Crippen molar-refractivity contribution in [3.05, 3.63) is 0 Å². The average molecular weight is 188 g/mol. The topological polar surface area (TPSA) is 57.5 Å². The second-order valence-electron chi connectivity index (χ2n) is 3.44. The largest absolute Gasteiger partial charge is 0.481 e. The van der Waals surface area contributed by atoms with Gasteiger partial charge in [0.25, 0.3) is 0 Å². The van der Waals surface area contributed by atoms with E-state index in [0.29, 0.717) is 0 Å². The number of hydrogen-bond acceptors (Lipinski definition) is 2. The molecule has 0 aromatic heterocycles. The van der Waals surface area contributed by atoms with Crippen molar-refractivity contribution in [1.82, 2.24) is 0 Å². The van der Waals surface area contributed by atoms with Gasteiger partial charge >= 0.3 is 5.97 Å². The van der Waals surface area contributed by atoms with Crippen LogP contribution < -0.4 is 0 Å². The molecule has 3 nitrogen and oxygen atoms in total. The minimum absolute atomic E-state index is 0.185. The molecule has 0 amide bonds. The van der Waals surface area contributed by atoms with Gasteiger partial charge in [0.15, 0.2) is 0 Å². The van der Waals surface area contributed by atoms with Crippen LogP contribution in [-0.2, 0) is 4.79 Å². The maximum atomic E-state index is 10.1. The van der Waals surface area contributed by atoms with E-state index in [-0.39, 0.29) is 12.5 Å². The third kappa shape index (κ3) is 9.34. The SMILES string of the molecule is CCC[C@H](O)CCCCCC(=O)O. The first-order chi connectivity index (χ1) is 6.16. The molecule has 0 aromatic carbocycles. The molecular weight excluding hydrogens is 168 g/mol. The van der Waals surface area contributed by atoms with Crippen LogP contribution in [0, 0.1) is 0 Å². The molecule has 0 aliphatic carbocycles. The number of aliphatic hydroxyl groups is 1. The summed E-state index contributed by atoms with van der Waals surface area (Å²) in [6.07, 6.45) is 5.33. The molecule has 0 spiro atoms. The van der Waals surface area contributed by atoms with Gasteiger partial charge in [0.05, 0.1) is 6.10 Å². The molecule has 0 radical (unpaired) electrons. The molecule has 13 heavy (non-hydrogen) atoms. The van der Waals surface area contributed by atoms with Crippen LogP contribution in [0.25, 0.3) is 0 Å². The number of aliphatic carboxylic acids is 1. The summed E-state index contributed by atoms with van der Waals surface area (Å²) < 4.78 is 0. The zero-order valence-electron chi connectivity index (χ0n) is 8.33. The van der Waals surface area contributed by atoms with E-state index in [1.54, 1.807) is 0 Å². The summed E-state index contributed by atoms with van der Waals surface area (Å²) in [4.78, 5) is 10.1. The Balaban J connectivity index is 3.11. The standard InChI is InChI=1S/C10H20O3/c1-2-6-9(11)7-4-3-5-8-10(12)13/h9,11H,2-8H2,1H3,(H,12,13)/t9-/m0/s1. The molecule has 0 saturated carbocycles. The molecule has 0 rings (SSSR count). The van der Waals surface area contributed by atoms with E-state index in [1.165, 1.54) is 0 Å². The van der Waals surface area contributed by atoms with E-state index in [2.05, 4.69) is 0 Å². The van der Waals surface area contributed by atoms with Crippen LogP contribution in [0.15, 0.2) is 0 Å². The number of carboxylic acids is 1. The molecule has 1 atom stereocenters. The molecule has 0 aliphatic heterocycles. The van der Waals surface area contributed by atoms with Gasteiger partial charge in [0.1, 0.15) is 0 Å². The lowest BCUT2D eigenvalue weighted by atomic mass is 10.1. The van der Waals surface area contributed by atoms with E-state index in [0.717, 1.165) is 38.5 Å². The first-order valence-electron chi connectivity index (χ1n) is 5.06. The second kappa shape index (κ2) is 8.05. The van der Waals surface area contributed by atoms with Gasteiger partial charge in [-0.15, -0.1) is 0 Å². The maximum absolute atomic E-state index is 10.1. The van der Waals surface area contributed by atoms with Crippen molar-refractivity contribution in [2.45, 2.75) is 58.0 Å². The average Bonchev–Trinajstić information content (AvgIpc) is 2.03. The number of aliphatic hydroxyl groups excluding tert-OH is 1. The van der Waals surface area contributed by atoms with E-state index in [1.807, 2.05) is 6.92 Å². The number of carboxylic acid groups (broad SMARTS) is 1. The molecule has 0 fully saturated rings. The molecule has 0 heterocycles. The maximum Gasteiger partial charge on any atom is 0.303 e. The zero-order chi connectivity index (χ0) is 10.1. The quantitative estimate of drug-likeness (QED) is 0.574. The van der Waals surface area contributed by atoms with Crippen LogP contribution in [0.1, 0.15) is 51.9 Å². The molecule has 0 bridgehead atoms. The molecule has 0 unspecified atom stereocenters. The Labute approximate surface area is 79.8 Å². The highest BCUT2D eigenvalue weighted by Gasteiger charge is 2.02. The molecule has 2 N–H and O–H groups in total. The van der Waals surface area contributed by atoms with E-state index < -0.39 is 5.97 Å². The van der Waals surface area contributed by atoms with Gasteiger partial charge in [-0.05, 0) is 19.3 Å². The van der Waals surface area contributed by atoms with Crippen LogP contribution in [0.5, 0.6) is 0 Å². The molecule has 0 saturated heterocycles. The first kappa shape index (κ1) is 12.4. The zero-order valence-corrected chi connectivity index (χ0v) is 8.33. The predicted molar refractivity (Wildman–Crippen MR) is 51.6 cm³/mol. The molecular formula is C10H20O3. The number of rotatable bonds is 8. The van der Waals surface area contributed by atoms with E-state index in [9.17, 15) is 9.90 Å². The summed E-state index contributed by atoms with van der Waals surface area (Å²) in [6.45, 7) is 2.05. The van der Waals surface area contributed by atoms with E-state index in [4.69, 9.17) is 5.11 Å². The van der Waals surface area contributed by atoms with Crippen molar-refractivity contribution >= 4 is 5.97 Å². The Bertz CT molecular complexity index is 134. The van der Waals surface area contributed by atoms with Gasteiger partial charge in [-0.1, -0.05) is 26.2 Å². The van der Waals surface area contributed by atoms with Gasteiger partial charge in [-0.25, -0.2) is 0 Å². The third-order valence-electron chi connectivity index (χ3n) is 2.05. The van der Waals surface area contributed by atoms with Gasteiger partial charge in [-0.2, -0.15) is 0 Å². The fraction of sp³-hybridized carbons (Fsp3) is 0.900. The Hall–Kier alpha value is -0.570. The van der Waals surface area contributed by atoms with Crippen LogP contribution in [0.4, 0.5) is 0 Å². The fourth-order valence-electron chi connectivity index (χ4n) is 1.31. The van der Waals surface area contributed by atoms with Gasteiger partial charge < -0.3 is 10.2 Å². The highest BCUT2D eigenvalue weighted by Crippen LogP contribution is 2.09. The van der Waals surface area contributed by atoms with Crippen LogP contribution in [0.3, 0.4) is 0 Å². The molecule has 3 heteroatoms. The summed E-state index contributed by atoms with van der Waals surface area (Å²) in [5.41, 5.74) is 0. The number of unbranched alkanes of at least 4 members (excludes halogenated alkanes) is 2. The minimum atomic E-state index is -0.728. The van der Waals surface area contributed by atoms with Gasteiger partial charge in [0, 0.05) is 6.42 Å². The predicted octanol–water partition coefficient (Wildman–Crippen LogP) is 2.18. The lowest BCUT2D eigenvalue weighted by molar-refractivity contribution is -0.137. The van der Waals surface area contributed by atoms with Gasteiger partial charge in [-0.3, -0.25) is 4.79 Å². The van der Waals surface area contributed by atoms with E-state index >= 15 is 0 Å². The van der Waals surface area contributed by atoms with Crippen LogP contribution >= 0.6 is 0 Å². The monoisotopic (exact) mass is 188 g/mol. The van der Waals surface area contributed by atoms with Crippen molar-refractivity contribution < 1.29 is 15.0 Å². The first-order valence-corrected chi connectivity index (χ1v) is 5.06. The Morgan fingerprint density at radius 2 is 1.92 bits per heavy atom. The summed E-state index contributed by atoms with van der Waals surface area (Å²) in [5, 5.41) is 17.7. The van der Waals surface area contributed by atoms with Crippen molar-refractivity contribution in [2.24, 2.45) is 0 Å². The van der Waals surface area contributed by atoms with Crippen molar-refractivity contribution in [2.75, 3.05) is 0 Å². The number of carbonyl (C=O) groups is 1. The van der Waals surface area contributed by atoms with Crippen molar-refractivity contribution in [3.8, 4) is 0 Å². The third-order valence-corrected chi connectivity index (χ3v) is 2.05. The summed E-state index contributed by atoms with van der Waals surface area (Å²) in [6, 6.07) is 0. The van der Waals surface area contributed by atoms with Crippen LogP contribution in [0.2, 0.25) is 0 Å². The Morgan fingerprint density at radius 1 is 1.23 bits per heavy atom. The molecule has 78 valence electrons. The highest BCUT2D eigenvalue weighted by molar-refractivity contribution is 5.66. The highest BCUT2D eigenvalue weighted by atomic mass is 16.4. The Kier molecular flexibility index (Phi) is 7.69. The minimum Gasteiger partial charge on any atom is -0.481 e. The number of hydrogen-bond donors (Lipinski definition) is 2. The summed E-state index contributed by atoms with van der Waals surface area (Å²) in [7, 11) is 0. The summed E-state index contributed by atoms with van der Waals surface area (Å²) in [5.74, 6) is -0.728. The fourth-order valence-corrected chi connectivity index (χ4v) is 1.31. The van der Waals surface area contributed by atoms with Crippen molar-refractivity contribution in [1.29, 1.82) is 0 Å². The summed E-state index contributed by atoms with van der Waals surface area (Å²) >= 11 is 0. The molecule has 0 aromatic rings. The smallest absolute Gasteiger partial charge is 0.303 e. The lowest BCUT2D eigenvalue weighted by Crippen LogP contribution is -2.05. The van der Waals surface area contributed by atoms with Crippen LogP contribution in [-0.4, -0.2) is 22.3 Å². The lowest BCUT2D eigenvalue weighted by Gasteiger charge is -2.07. The second-order valence-corrected chi connectivity index (χ2v) is 3.44. The van der Waals surface area contributed by atoms with Crippen molar-refractivity contribution in [3.63, 3.8) is 0 Å². The normalized spacial score (nSPS) is 12.8. The molecule has 0 aliphatic rings. The Morgan fingerprint density at radius 3 is 2.46 bits per heavy atom.